The van der Waals surface area contributed by atoms with Crippen molar-refractivity contribution in [2.45, 2.75) is 51.4 Å². The number of piperidine rings is 2. The summed E-state index contributed by atoms with van der Waals surface area (Å²) in [5.74, 6) is -2.86. The number of halogens is 3. The number of amides is 1. The fourth-order valence-electron chi connectivity index (χ4n) is 5.13. The van der Waals surface area contributed by atoms with Crippen LogP contribution in [-0.4, -0.2) is 65.4 Å². The van der Waals surface area contributed by atoms with Crippen LogP contribution < -0.4 is 19.8 Å². The number of aliphatic hydroxyl groups is 1. The monoisotopic (exact) mass is 550 g/mol. The van der Waals surface area contributed by atoms with Crippen molar-refractivity contribution in [2.75, 3.05) is 58.4 Å². The van der Waals surface area contributed by atoms with Gasteiger partial charge in [0.2, 0.25) is 5.95 Å². The highest BCUT2D eigenvalue weighted by atomic mass is 32.2. The second-order valence-corrected chi connectivity index (χ2v) is 11.4. The molecule has 3 aliphatic rings. The highest BCUT2D eigenvalue weighted by Crippen LogP contribution is 2.54. The zero-order chi connectivity index (χ0) is 26.9. The molecule has 2 aliphatic heterocycles. The first-order valence-electron chi connectivity index (χ1n) is 13.0. The van der Waals surface area contributed by atoms with Crippen LogP contribution in [0.25, 0.3) is 0 Å². The van der Waals surface area contributed by atoms with Crippen LogP contribution in [0.1, 0.15) is 54.6 Å². The molecule has 8 nitrogen and oxygen atoms in total. The van der Waals surface area contributed by atoms with E-state index < -0.39 is 17.6 Å². The number of alkyl halides is 2. The fourth-order valence-corrected chi connectivity index (χ4v) is 5.64. The van der Waals surface area contributed by atoms with Crippen molar-refractivity contribution < 1.29 is 23.1 Å². The van der Waals surface area contributed by atoms with Crippen molar-refractivity contribution in [1.29, 1.82) is 0 Å². The average Bonchev–Trinajstić information content (AvgIpc) is 3.63. The molecule has 5 rings (SSSR count). The van der Waals surface area contributed by atoms with E-state index in [9.17, 15) is 13.6 Å². The van der Waals surface area contributed by atoms with E-state index in [-0.39, 0.29) is 55.6 Å². The number of carbonyl (C=O) groups excluding carboxylic acids is 1. The molecule has 206 valence electrons. The molecular formula is C26H33F3N6O2S. The minimum absolute atomic E-state index is 0.0406. The summed E-state index contributed by atoms with van der Waals surface area (Å²) in [5, 5.41) is 11.9. The van der Waals surface area contributed by atoms with Gasteiger partial charge in [-0.3, -0.25) is 4.79 Å². The number of aryl methyl sites for hydroxylation is 1. The van der Waals surface area contributed by atoms with Crippen LogP contribution in [0.4, 0.5) is 36.3 Å². The van der Waals surface area contributed by atoms with Crippen LogP contribution in [0.5, 0.6) is 0 Å². The third kappa shape index (κ3) is 6.12. The standard InChI is InChI=1S/C26H33F3N6O2S/c1-17-14-22(32-24(30-17)35-10-6-26(28,29)7-11-35)31-23(37)18-15-19(27)20(33-38-13-12-36)16-21(18)34-8-4-25(2-3-25)5-9-34/h14-16,33,36H,2-13H2,1H3,(H,30,31,32,37). The van der Waals surface area contributed by atoms with Gasteiger partial charge in [-0.1, -0.05) is 11.9 Å². The van der Waals surface area contributed by atoms with Gasteiger partial charge in [0.25, 0.3) is 11.8 Å². The van der Waals surface area contributed by atoms with E-state index in [2.05, 4.69) is 24.9 Å². The molecule has 0 unspecified atom stereocenters. The Morgan fingerprint density at radius 1 is 1.03 bits per heavy atom. The number of hydrogen-bond acceptors (Lipinski definition) is 8. The minimum Gasteiger partial charge on any atom is -0.395 e. The van der Waals surface area contributed by atoms with Gasteiger partial charge in [-0.15, -0.1) is 0 Å². The summed E-state index contributed by atoms with van der Waals surface area (Å²) in [4.78, 5) is 26.1. The van der Waals surface area contributed by atoms with Gasteiger partial charge in [0, 0.05) is 56.5 Å². The highest BCUT2D eigenvalue weighted by Gasteiger charge is 2.44. The molecule has 12 heteroatoms. The van der Waals surface area contributed by atoms with Crippen LogP contribution in [0.15, 0.2) is 18.2 Å². The SMILES string of the molecule is Cc1cc(NC(=O)c2cc(F)c(NSCCO)cc2N2CCC3(CC2)CC3)nc(N2CCC(F)(F)CC2)n1. The molecule has 1 aromatic carbocycles. The molecule has 1 aliphatic carbocycles. The summed E-state index contributed by atoms with van der Waals surface area (Å²) in [7, 11) is 0. The van der Waals surface area contributed by atoms with Crippen LogP contribution in [0, 0.1) is 18.2 Å². The third-order valence-electron chi connectivity index (χ3n) is 7.69. The maximum Gasteiger partial charge on any atom is 0.259 e. The summed E-state index contributed by atoms with van der Waals surface area (Å²) in [5.41, 5.74) is 2.10. The fraction of sp³-hybridized carbons (Fsp3) is 0.577. The van der Waals surface area contributed by atoms with Crippen LogP contribution >= 0.6 is 11.9 Å². The Labute approximate surface area is 224 Å². The quantitative estimate of drug-likeness (QED) is 0.318. The number of rotatable bonds is 8. The van der Waals surface area contributed by atoms with Crippen molar-refractivity contribution in [1.82, 2.24) is 9.97 Å². The Kier molecular flexibility index (Phi) is 7.63. The lowest BCUT2D eigenvalue weighted by Crippen LogP contribution is -2.40. The number of nitrogens with one attached hydrogen (secondary N) is 2. The predicted octanol–water partition coefficient (Wildman–Crippen LogP) is 4.84. The third-order valence-corrected chi connectivity index (χ3v) is 8.44. The lowest BCUT2D eigenvalue weighted by atomic mass is 9.93. The molecule has 3 N–H and O–H groups in total. The normalized spacial score (nSPS) is 19.9. The van der Waals surface area contributed by atoms with Crippen LogP contribution in [0.3, 0.4) is 0 Å². The minimum atomic E-state index is -2.69. The molecule has 3 heterocycles. The van der Waals surface area contributed by atoms with Gasteiger partial charge >= 0.3 is 0 Å². The molecule has 0 radical (unpaired) electrons. The van der Waals surface area contributed by atoms with Gasteiger partial charge < -0.3 is 24.9 Å². The Hall–Kier alpha value is -2.73. The molecule has 1 saturated carbocycles. The van der Waals surface area contributed by atoms with Crippen molar-refractivity contribution in [2.24, 2.45) is 5.41 Å². The smallest absolute Gasteiger partial charge is 0.259 e. The molecule has 0 bridgehead atoms. The number of nitrogens with zero attached hydrogens (tertiary/aromatic N) is 4. The summed E-state index contributed by atoms with van der Waals surface area (Å²) in [6.45, 7) is 3.52. The number of carbonyl (C=O) groups is 1. The molecule has 3 fully saturated rings. The zero-order valence-corrected chi connectivity index (χ0v) is 22.2. The molecule has 1 aromatic heterocycles. The summed E-state index contributed by atoms with van der Waals surface area (Å²) >= 11 is 1.19. The average molecular weight is 551 g/mol. The predicted molar refractivity (Wildman–Crippen MR) is 144 cm³/mol. The first-order valence-corrected chi connectivity index (χ1v) is 14.0. The Morgan fingerprint density at radius 2 is 1.71 bits per heavy atom. The molecule has 0 atom stereocenters. The van der Waals surface area contributed by atoms with Crippen molar-refractivity contribution in [3.8, 4) is 0 Å². The van der Waals surface area contributed by atoms with E-state index in [4.69, 9.17) is 5.11 Å². The van der Waals surface area contributed by atoms with Crippen molar-refractivity contribution >= 4 is 41.0 Å². The van der Waals surface area contributed by atoms with E-state index in [1.807, 2.05) is 0 Å². The first kappa shape index (κ1) is 26.9. The highest BCUT2D eigenvalue weighted by molar-refractivity contribution is 8.00. The van der Waals surface area contributed by atoms with Crippen molar-refractivity contribution in [3.63, 3.8) is 0 Å². The van der Waals surface area contributed by atoms with Crippen LogP contribution in [-0.2, 0) is 0 Å². The summed E-state index contributed by atoms with van der Waals surface area (Å²) in [6, 6.07) is 4.49. The number of benzene rings is 1. The molecule has 2 aromatic rings. The second kappa shape index (κ2) is 10.8. The van der Waals surface area contributed by atoms with E-state index in [0.717, 1.165) is 25.9 Å². The summed E-state index contributed by atoms with van der Waals surface area (Å²) in [6.07, 6.45) is 4.01. The zero-order valence-electron chi connectivity index (χ0n) is 21.4. The van der Waals surface area contributed by atoms with Gasteiger partial charge in [0.15, 0.2) is 0 Å². The maximum atomic E-state index is 15.1. The Morgan fingerprint density at radius 3 is 2.37 bits per heavy atom. The van der Waals surface area contributed by atoms with E-state index in [0.29, 0.717) is 22.5 Å². The molecule has 2 saturated heterocycles. The van der Waals surface area contributed by atoms with E-state index in [1.54, 1.807) is 24.0 Å². The lowest BCUT2D eigenvalue weighted by Gasteiger charge is -2.35. The van der Waals surface area contributed by atoms with Crippen molar-refractivity contribution in [3.05, 3.63) is 35.3 Å². The summed E-state index contributed by atoms with van der Waals surface area (Å²) < 4.78 is 45.2. The first-order chi connectivity index (χ1) is 18.2. The van der Waals surface area contributed by atoms with Gasteiger partial charge in [-0.25, -0.2) is 18.2 Å². The molecule has 1 spiro atoms. The topological polar surface area (TPSA) is 93.6 Å². The Bertz CT molecular complexity index is 1180. The van der Waals surface area contributed by atoms with Gasteiger partial charge in [-0.05, 0) is 50.2 Å². The van der Waals surface area contributed by atoms with Gasteiger partial charge in [0.1, 0.15) is 11.6 Å². The van der Waals surface area contributed by atoms with E-state index in [1.165, 1.54) is 30.9 Å². The van der Waals surface area contributed by atoms with Crippen LogP contribution in [0.2, 0.25) is 0 Å². The second-order valence-electron chi connectivity index (χ2n) is 10.5. The van der Waals surface area contributed by atoms with E-state index >= 15 is 4.39 Å². The number of aromatic nitrogens is 2. The molecule has 38 heavy (non-hydrogen) atoms. The Balaban J connectivity index is 1.38. The molecular weight excluding hydrogens is 517 g/mol. The maximum absolute atomic E-state index is 15.1. The number of hydrogen-bond donors (Lipinski definition) is 3. The number of anilines is 4. The number of aliphatic hydroxyl groups excluding tert-OH is 1. The largest absolute Gasteiger partial charge is 0.395 e. The van der Waals surface area contributed by atoms with Gasteiger partial charge in [-0.2, -0.15) is 4.98 Å². The lowest BCUT2D eigenvalue weighted by molar-refractivity contribution is -0.0222. The molecule has 1 amide bonds. The van der Waals surface area contributed by atoms with Gasteiger partial charge in [0.05, 0.1) is 23.5 Å².